The molecule has 3 aliphatic heterocycles. The van der Waals surface area contributed by atoms with Gasteiger partial charge in [-0.05, 0) is 38.1 Å². The maximum absolute atomic E-state index is 15.1. The van der Waals surface area contributed by atoms with Gasteiger partial charge >= 0.3 is 0 Å². The Balaban J connectivity index is 1.34. The molecule has 182 valence electrons. The first kappa shape index (κ1) is 23.7. The van der Waals surface area contributed by atoms with Crippen molar-refractivity contribution in [3.8, 4) is 5.75 Å². The second-order valence-electron chi connectivity index (χ2n) is 9.19. The summed E-state index contributed by atoms with van der Waals surface area (Å²) in [4.78, 5) is 28.7. The van der Waals surface area contributed by atoms with E-state index in [1.165, 1.54) is 19.6 Å². The molecule has 0 aliphatic carbocycles. The van der Waals surface area contributed by atoms with Gasteiger partial charge in [0.05, 0.1) is 18.5 Å². The lowest BCUT2D eigenvalue weighted by Crippen LogP contribution is -2.47. The van der Waals surface area contributed by atoms with Crippen LogP contribution in [0.4, 0.5) is 15.8 Å². The molecule has 1 aromatic rings. The number of hydrazine groups is 2. The summed E-state index contributed by atoms with van der Waals surface area (Å²) in [6.07, 6.45) is 4.63. The Kier molecular flexibility index (Phi) is 7.67. The van der Waals surface area contributed by atoms with Crippen LogP contribution in [0.3, 0.4) is 0 Å². The molecule has 33 heavy (non-hydrogen) atoms. The molecule has 0 atom stereocenters. The molecule has 0 bridgehead atoms. The summed E-state index contributed by atoms with van der Waals surface area (Å²) in [5.41, 5.74) is 3.50. The van der Waals surface area contributed by atoms with Crippen molar-refractivity contribution in [2.45, 2.75) is 38.5 Å². The number of anilines is 2. The van der Waals surface area contributed by atoms with E-state index in [0.717, 1.165) is 69.6 Å². The molecule has 3 N–H and O–H groups in total. The summed E-state index contributed by atoms with van der Waals surface area (Å²) in [6, 6.07) is 2.95. The summed E-state index contributed by atoms with van der Waals surface area (Å²) >= 11 is 0. The van der Waals surface area contributed by atoms with E-state index in [2.05, 4.69) is 10.3 Å². The first-order valence-electron chi connectivity index (χ1n) is 11.9. The molecule has 2 amide bonds. The van der Waals surface area contributed by atoms with Gasteiger partial charge in [0.2, 0.25) is 11.8 Å². The summed E-state index contributed by atoms with van der Waals surface area (Å²) in [5.74, 6) is 5.94. The molecule has 0 radical (unpaired) electrons. The number of piperidine rings is 2. The van der Waals surface area contributed by atoms with Crippen LogP contribution >= 0.6 is 0 Å². The molecule has 4 rings (SSSR count). The molecule has 3 aliphatic rings. The Morgan fingerprint density at radius 2 is 1.73 bits per heavy atom. The number of hydrogen-bond donors (Lipinski definition) is 2. The quantitative estimate of drug-likeness (QED) is 0.468. The minimum atomic E-state index is -0.405. The molecule has 1 aromatic carbocycles. The number of rotatable bonds is 7. The Morgan fingerprint density at radius 1 is 1.06 bits per heavy atom. The maximum Gasteiger partial charge on any atom is 0.248 e. The number of carbonyl (C=O) groups excluding carboxylic acids is 2. The number of benzene rings is 1. The Labute approximate surface area is 194 Å². The van der Waals surface area contributed by atoms with E-state index in [-0.39, 0.29) is 30.3 Å². The Morgan fingerprint density at radius 3 is 2.36 bits per heavy atom. The first-order chi connectivity index (χ1) is 15.9. The van der Waals surface area contributed by atoms with Gasteiger partial charge in [-0.25, -0.2) is 9.40 Å². The highest BCUT2D eigenvalue weighted by molar-refractivity contribution is 5.99. The number of imide groups is 1. The molecule has 3 heterocycles. The number of methoxy groups -OCH3 is 1. The van der Waals surface area contributed by atoms with Crippen molar-refractivity contribution < 1.29 is 18.7 Å². The fourth-order valence-electron chi connectivity index (χ4n) is 4.86. The lowest BCUT2D eigenvalue weighted by Gasteiger charge is -2.37. The predicted molar refractivity (Wildman–Crippen MR) is 124 cm³/mol. The van der Waals surface area contributed by atoms with Crippen molar-refractivity contribution in [2.75, 3.05) is 63.2 Å². The van der Waals surface area contributed by atoms with E-state index in [9.17, 15) is 9.59 Å². The molecular formula is C23H35FN6O3. The SMILES string of the molecule is COc1cc(N2CCN(CCC3CCN(N)CC3)CC2)c(F)cc1NN1C(=O)CCCC1=O. The van der Waals surface area contributed by atoms with Crippen LogP contribution < -0.4 is 20.9 Å². The first-order valence-corrected chi connectivity index (χ1v) is 11.9. The second-order valence-corrected chi connectivity index (χ2v) is 9.19. The standard InChI is InChI=1S/C23H35FN6O3/c1-33-21-16-20(18(24)15-19(21)26-30-22(31)3-2-4-23(30)32)28-13-11-27(12-14-28)8-5-17-6-9-29(25)10-7-17/h15-17,26H,2-14,25H2,1H3. The van der Waals surface area contributed by atoms with Crippen LogP contribution in [0.1, 0.15) is 38.5 Å². The van der Waals surface area contributed by atoms with Gasteiger partial charge in [0.1, 0.15) is 11.6 Å². The zero-order chi connectivity index (χ0) is 23.4. The zero-order valence-electron chi connectivity index (χ0n) is 19.4. The Bertz CT molecular complexity index is 837. The van der Waals surface area contributed by atoms with Gasteiger partial charge in [-0.1, -0.05) is 0 Å². The van der Waals surface area contributed by atoms with Gasteiger partial charge in [-0.3, -0.25) is 25.8 Å². The van der Waals surface area contributed by atoms with Crippen LogP contribution in [0.2, 0.25) is 0 Å². The number of amides is 2. The number of piperazine rings is 1. The van der Waals surface area contributed by atoms with Crippen LogP contribution in [0.25, 0.3) is 0 Å². The maximum atomic E-state index is 15.1. The topological polar surface area (TPSA) is 94.4 Å². The second kappa shape index (κ2) is 10.7. The number of hydrogen-bond acceptors (Lipinski definition) is 8. The molecule has 10 heteroatoms. The number of nitrogens with two attached hydrogens (primary N) is 1. The third kappa shape index (κ3) is 5.74. The van der Waals surface area contributed by atoms with Crippen LogP contribution in [-0.2, 0) is 9.59 Å². The van der Waals surface area contributed by atoms with E-state index >= 15 is 4.39 Å². The van der Waals surface area contributed by atoms with Gasteiger partial charge in [0, 0.05) is 64.2 Å². The highest BCUT2D eigenvalue weighted by Crippen LogP contribution is 2.34. The predicted octanol–water partition coefficient (Wildman–Crippen LogP) is 1.80. The third-order valence-corrected chi connectivity index (χ3v) is 7.00. The van der Waals surface area contributed by atoms with Crippen LogP contribution in [0.15, 0.2) is 12.1 Å². The fourth-order valence-corrected chi connectivity index (χ4v) is 4.86. The number of nitrogens with zero attached hydrogens (tertiary/aromatic N) is 4. The average molecular weight is 463 g/mol. The highest BCUT2D eigenvalue weighted by atomic mass is 19.1. The number of ether oxygens (including phenoxy) is 1. The number of carbonyl (C=O) groups is 2. The molecule has 3 saturated heterocycles. The third-order valence-electron chi connectivity index (χ3n) is 7.00. The molecule has 3 fully saturated rings. The highest BCUT2D eigenvalue weighted by Gasteiger charge is 2.28. The molecular weight excluding hydrogens is 427 g/mol. The lowest BCUT2D eigenvalue weighted by molar-refractivity contribution is -0.146. The van der Waals surface area contributed by atoms with Crippen molar-refractivity contribution in [1.29, 1.82) is 0 Å². The molecule has 0 spiro atoms. The minimum Gasteiger partial charge on any atom is -0.494 e. The van der Waals surface area contributed by atoms with Crippen molar-refractivity contribution in [1.82, 2.24) is 14.9 Å². The molecule has 0 saturated carbocycles. The smallest absolute Gasteiger partial charge is 0.248 e. The van der Waals surface area contributed by atoms with Gasteiger partial charge < -0.3 is 9.64 Å². The fraction of sp³-hybridized carbons (Fsp3) is 0.652. The van der Waals surface area contributed by atoms with Crippen LogP contribution in [-0.4, -0.2) is 79.7 Å². The zero-order valence-corrected chi connectivity index (χ0v) is 19.4. The van der Waals surface area contributed by atoms with E-state index in [4.69, 9.17) is 10.6 Å². The lowest BCUT2D eigenvalue weighted by atomic mass is 9.94. The molecule has 9 nitrogen and oxygen atoms in total. The van der Waals surface area contributed by atoms with Gasteiger partial charge in [0.15, 0.2) is 0 Å². The normalized spacial score (nSPS) is 21.5. The van der Waals surface area contributed by atoms with Gasteiger partial charge in [-0.2, -0.15) is 5.01 Å². The van der Waals surface area contributed by atoms with Crippen LogP contribution in [0.5, 0.6) is 5.75 Å². The van der Waals surface area contributed by atoms with Gasteiger partial charge in [-0.15, -0.1) is 0 Å². The number of halogens is 1. The average Bonchev–Trinajstić information content (AvgIpc) is 2.82. The van der Waals surface area contributed by atoms with Crippen LogP contribution in [0, 0.1) is 11.7 Å². The van der Waals surface area contributed by atoms with Crippen molar-refractivity contribution in [3.05, 3.63) is 17.9 Å². The van der Waals surface area contributed by atoms with Crippen molar-refractivity contribution >= 4 is 23.2 Å². The molecule has 0 unspecified atom stereocenters. The van der Waals surface area contributed by atoms with Gasteiger partial charge in [0.25, 0.3) is 0 Å². The monoisotopic (exact) mass is 462 g/mol. The summed E-state index contributed by atoms with van der Waals surface area (Å²) in [5, 5.41) is 2.87. The van der Waals surface area contributed by atoms with E-state index < -0.39 is 5.82 Å². The van der Waals surface area contributed by atoms with Crippen molar-refractivity contribution in [3.63, 3.8) is 0 Å². The Hall–Kier alpha value is -2.43. The molecule has 0 aromatic heterocycles. The minimum absolute atomic E-state index is 0.268. The summed E-state index contributed by atoms with van der Waals surface area (Å²) < 4.78 is 20.5. The van der Waals surface area contributed by atoms with E-state index in [1.807, 2.05) is 9.91 Å². The van der Waals surface area contributed by atoms with E-state index in [0.29, 0.717) is 17.9 Å². The van der Waals surface area contributed by atoms with Crippen molar-refractivity contribution in [2.24, 2.45) is 11.8 Å². The largest absolute Gasteiger partial charge is 0.494 e. The van der Waals surface area contributed by atoms with E-state index in [1.54, 1.807) is 6.07 Å². The number of nitrogens with one attached hydrogen (secondary N) is 1. The summed E-state index contributed by atoms with van der Waals surface area (Å²) in [7, 11) is 1.50. The summed E-state index contributed by atoms with van der Waals surface area (Å²) in [6.45, 7) is 6.25.